The Morgan fingerprint density at radius 2 is 2.16 bits per heavy atom. The van der Waals surface area contributed by atoms with Crippen molar-refractivity contribution in [1.82, 2.24) is 20.2 Å². The van der Waals surface area contributed by atoms with Crippen molar-refractivity contribution in [3.8, 4) is 0 Å². The van der Waals surface area contributed by atoms with Crippen molar-refractivity contribution in [2.24, 2.45) is 0 Å². The number of likely N-dealkylation sites (N-methyl/N-ethyl adjacent to an activating group) is 1. The third-order valence-electron chi connectivity index (χ3n) is 2.59. The normalized spacial score (nSPS) is 12.8. The van der Waals surface area contributed by atoms with Gasteiger partial charge < -0.3 is 16.0 Å². The van der Waals surface area contributed by atoms with E-state index in [2.05, 4.69) is 15.3 Å². The Morgan fingerprint density at radius 3 is 2.79 bits per heavy atom. The number of hydrogen-bond acceptors (Lipinski definition) is 6. The lowest BCUT2D eigenvalue weighted by atomic mass is 10.3. The molecule has 2 aromatic heterocycles. The molecule has 0 aliphatic heterocycles. The predicted octanol–water partition coefficient (Wildman–Crippen LogP) is 0.953. The minimum atomic E-state index is -0.170. The maximum absolute atomic E-state index is 12.2. The van der Waals surface area contributed by atoms with Gasteiger partial charge in [0.15, 0.2) is 0 Å². The molecule has 0 aromatic carbocycles. The summed E-state index contributed by atoms with van der Waals surface area (Å²) in [6.45, 7) is 2.73. The van der Waals surface area contributed by atoms with Gasteiger partial charge in [-0.3, -0.25) is 4.79 Å². The number of nitrogens with zero attached hydrogens (tertiary/aromatic N) is 3. The van der Waals surface area contributed by atoms with Crippen LogP contribution in [0.5, 0.6) is 0 Å². The lowest BCUT2D eigenvalue weighted by Gasteiger charge is -2.17. The van der Waals surface area contributed by atoms with Crippen molar-refractivity contribution in [3.05, 3.63) is 17.3 Å². The van der Waals surface area contributed by atoms with E-state index in [1.807, 2.05) is 25.9 Å². The van der Waals surface area contributed by atoms with Crippen molar-refractivity contribution in [2.75, 3.05) is 26.4 Å². The van der Waals surface area contributed by atoms with E-state index in [-0.39, 0.29) is 11.9 Å². The molecule has 0 aliphatic carbocycles. The Hall–Kier alpha value is -1.73. The first-order valence-corrected chi connectivity index (χ1v) is 6.75. The molecule has 0 spiro atoms. The molecule has 0 aliphatic rings. The van der Waals surface area contributed by atoms with Gasteiger partial charge in [0.25, 0.3) is 5.91 Å². The van der Waals surface area contributed by atoms with Gasteiger partial charge in [-0.25, -0.2) is 9.97 Å². The van der Waals surface area contributed by atoms with Crippen LogP contribution >= 0.6 is 11.3 Å². The predicted molar refractivity (Wildman–Crippen MR) is 77.3 cm³/mol. The second-order valence-corrected chi connectivity index (χ2v) is 5.69. The van der Waals surface area contributed by atoms with Crippen LogP contribution in [0.3, 0.4) is 0 Å². The summed E-state index contributed by atoms with van der Waals surface area (Å²) in [7, 11) is 3.93. The zero-order chi connectivity index (χ0) is 14.0. The Morgan fingerprint density at radius 1 is 1.47 bits per heavy atom. The number of hydrogen-bond donors (Lipinski definition) is 2. The van der Waals surface area contributed by atoms with Gasteiger partial charge in [0.05, 0.1) is 5.69 Å². The van der Waals surface area contributed by atoms with Crippen LogP contribution in [0.1, 0.15) is 16.6 Å². The SMILES string of the molecule is CC(CN(C)C)NC(=O)c1sc2nccnc2c1N. The summed E-state index contributed by atoms with van der Waals surface area (Å²) in [4.78, 5) is 23.7. The van der Waals surface area contributed by atoms with Crippen LogP contribution < -0.4 is 11.1 Å². The van der Waals surface area contributed by atoms with Crippen LogP contribution in [0.15, 0.2) is 12.4 Å². The maximum Gasteiger partial charge on any atom is 0.263 e. The van der Waals surface area contributed by atoms with E-state index in [0.29, 0.717) is 20.9 Å². The number of carbonyl (C=O) groups is 1. The van der Waals surface area contributed by atoms with E-state index < -0.39 is 0 Å². The standard InChI is InChI=1S/C12H17N5OS/c1-7(6-17(2)3)16-11(18)10-8(13)9-12(19-10)15-5-4-14-9/h4-5,7H,6,13H2,1-3H3,(H,16,18). The highest BCUT2D eigenvalue weighted by atomic mass is 32.1. The molecule has 3 N–H and O–H groups in total. The number of anilines is 1. The molecule has 0 bridgehead atoms. The van der Waals surface area contributed by atoms with Gasteiger partial charge in [0.2, 0.25) is 0 Å². The van der Waals surface area contributed by atoms with E-state index in [9.17, 15) is 4.79 Å². The van der Waals surface area contributed by atoms with Crippen LogP contribution in [0.2, 0.25) is 0 Å². The number of nitrogens with two attached hydrogens (primary N) is 1. The summed E-state index contributed by atoms with van der Waals surface area (Å²) in [6, 6.07) is 0.0491. The lowest BCUT2D eigenvalue weighted by Crippen LogP contribution is -2.39. The molecule has 1 atom stereocenters. The Balaban J connectivity index is 2.20. The first kappa shape index (κ1) is 13.7. The summed E-state index contributed by atoms with van der Waals surface area (Å²) in [5.41, 5.74) is 6.95. The fraction of sp³-hybridized carbons (Fsp3) is 0.417. The average molecular weight is 279 g/mol. The maximum atomic E-state index is 12.2. The van der Waals surface area contributed by atoms with Crippen molar-refractivity contribution in [2.45, 2.75) is 13.0 Å². The molecule has 1 amide bonds. The molecule has 1 unspecified atom stereocenters. The molecule has 0 saturated heterocycles. The van der Waals surface area contributed by atoms with Crippen LogP contribution in [-0.2, 0) is 0 Å². The summed E-state index contributed by atoms with van der Waals surface area (Å²) < 4.78 is 0. The molecular weight excluding hydrogens is 262 g/mol. The van der Waals surface area contributed by atoms with Crippen molar-refractivity contribution < 1.29 is 4.79 Å². The number of aromatic nitrogens is 2. The van der Waals surface area contributed by atoms with Crippen molar-refractivity contribution in [3.63, 3.8) is 0 Å². The van der Waals surface area contributed by atoms with Gasteiger partial charge in [-0.05, 0) is 21.0 Å². The molecule has 2 rings (SSSR count). The molecule has 7 heteroatoms. The smallest absolute Gasteiger partial charge is 0.263 e. The molecule has 102 valence electrons. The Bertz CT molecular complexity index is 595. The molecule has 2 aromatic rings. The van der Waals surface area contributed by atoms with Crippen LogP contribution in [0.4, 0.5) is 5.69 Å². The van der Waals surface area contributed by atoms with E-state index in [4.69, 9.17) is 5.73 Å². The molecule has 0 radical (unpaired) electrons. The first-order valence-electron chi connectivity index (χ1n) is 5.93. The van der Waals surface area contributed by atoms with Crippen LogP contribution in [0.25, 0.3) is 10.3 Å². The zero-order valence-electron chi connectivity index (χ0n) is 11.2. The summed E-state index contributed by atoms with van der Waals surface area (Å²) in [5.74, 6) is -0.170. The van der Waals surface area contributed by atoms with E-state index >= 15 is 0 Å². The largest absolute Gasteiger partial charge is 0.396 e. The van der Waals surface area contributed by atoms with Gasteiger partial charge in [-0.2, -0.15) is 0 Å². The summed E-state index contributed by atoms with van der Waals surface area (Å²) in [5, 5.41) is 2.92. The van der Waals surface area contributed by atoms with Gasteiger partial charge in [0.1, 0.15) is 15.2 Å². The molecule has 19 heavy (non-hydrogen) atoms. The zero-order valence-corrected chi connectivity index (χ0v) is 12.0. The highest BCUT2D eigenvalue weighted by molar-refractivity contribution is 7.21. The van der Waals surface area contributed by atoms with Gasteiger partial charge in [-0.1, -0.05) is 0 Å². The highest BCUT2D eigenvalue weighted by Gasteiger charge is 2.19. The number of rotatable bonds is 4. The number of fused-ring (bicyclic) bond motifs is 1. The third kappa shape index (κ3) is 2.99. The monoisotopic (exact) mass is 279 g/mol. The number of nitrogens with one attached hydrogen (secondary N) is 1. The summed E-state index contributed by atoms with van der Waals surface area (Å²) >= 11 is 1.27. The average Bonchev–Trinajstić information content (AvgIpc) is 2.66. The van der Waals surface area contributed by atoms with Gasteiger partial charge in [0, 0.05) is 25.0 Å². The van der Waals surface area contributed by atoms with Gasteiger partial charge >= 0.3 is 0 Å². The van der Waals surface area contributed by atoms with Crippen LogP contribution in [0, 0.1) is 0 Å². The van der Waals surface area contributed by atoms with E-state index in [0.717, 1.165) is 6.54 Å². The summed E-state index contributed by atoms with van der Waals surface area (Å²) in [6.07, 6.45) is 3.16. The minimum Gasteiger partial charge on any atom is -0.396 e. The molecule has 0 fully saturated rings. The van der Waals surface area contributed by atoms with E-state index in [1.165, 1.54) is 11.3 Å². The second-order valence-electron chi connectivity index (χ2n) is 4.69. The van der Waals surface area contributed by atoms with Crippen molar-refractivity contribution in [1.29, 1.82) is 0 Å². The highest BCUT2D eigenvalue weighted by Crippen LogP contribution is 2.30. The molecule has 6 nitrogen and oxygen atoms in total. The molecular formula is C12H17N5OS. The lowest BCUT2D eigenvalue weighted by molar-refractivity contribution is 0.0939. The third-order valence-corrected chi connectivity index (χ3v) is 3.69. The van der Waals surface area contributed by atoms with Crippen LogP contribution in [-0.4, -0.2) is 47.5 Å². The fourth-order valence-corrected chi connectivity index (χ4v) is 2.82. The number of thiophene rings is 1. The second kappa shape index (κ2) is 5.50. The first-order chi connectivity index (χ1) is 8.99. The minimum absolute atomic E-state index is 0.0491. The molecule has 2 heterocycles. The number of amides is 1. The number of carbonyl (C=O) groups excluding carboxylic acids is 1. The van der Waals surface area contributed by atoms with Gasteiger partial charge in [-0.15, -0.1) is 11.3 Å². The molecule has 0 saturated carbocycles. The Labute approximate surface area is 115 Å². The van der Waals surface area contributed by atoms with Crippen molar-refractivity contribution >= 4 is 33.3 Å². The fourth-order valence-electron chi connectivity index (χ4n) is 1.90. The quantitative estimate of drug-likeness (QED) is 0.870. The Kier molecular flexibility index (Phi) is 3.96. The topological polar surface area (TPSA) is 84.1 Å². The van der Waals surface area contributed by atoms with E-state index in [1.54, 1.807) is 12.4 Å². The number of nitrogen functional groups attached to an aromatic ring is 1.